The lowest BCUT2D eigenvalue weighted by atomic mass is 10.2. The lowest BCUT2D eigenvalue weighted by Crippen LogP contribution is -2.27. The Hall–Kier alpha value is -1.79. The van der Waals surface area contributed by atoms with Gasteiger partial charge in [-0.2, -0.15) is 5.10 Å². The Morgan fingerprint density at radius 1 is 1.38 bits per heavy atom. The lowest BCUT2D eigenvalue weighted by Gasteiger charge is -2.11. The maximum atomic E-state index is 4.84. The fourth-order valence-electron chi connectivity index (χ4n) is 3.50. The van der Waals surface area contributed by atoms with E-state index in [0.29, 0.717) is 0 Å². The number of hydrogen-bond donors (Lipinski definition) is 2. The number of nitrogens with one attached hydrogen (secondary N) is 2. The molecule has 0 unspecified atom stereocenters. The zero-order chi connectivity index (χ0) is 14.0. The van der Waals surface area contributed by atoms with E-state index < -0.39 is 0 Å². The largest absolute Gasteiger partial charge is 0.305 e. The van der Waals surface area contributed by atoms with Crippen LogP contribution in [0.1, 0.15) is 24.4 Å². The summed E-state index contributed by atoms with van der Waals surface area (Å²) in [6, 6.07) is 2.16. The molecule has 1 saturated carbocycles. The van der Waals surface area contributed by atoms with Gasteiger partial charge >= 0.3 is 0 Å². The Morgan fingerprint density at radius 2 is 2.33 bits per heavy atom. The van der Waals surface area contributed by atoms with Gasteiger partial charge in [0.2, 0.25) is 0 Å². The second kappa shape index (κ2) is 3.90. The van der Waals surface area contributed by atoms with Crippen molar-refractivity contribution in [3.8, 4) is 10.4 Å². The summed E-state index contributed by atoms with van der Waals surface area (Å²) in [5.74, 6) is 1.72. The third-order valence-corrected chi connectivity index (χ3v) is 5.90. The highest BCUT2D eigenvalue weighted by atomic mass is 32.1. The number of nitrogens with zero attached hydrogens (tertiary/aromatic N) is 3. The molecule has 6 heteroatoms. The first kappa shape index (κ1) is 11.8. The van der Waals surface area contributed by atoms with E-state index in [9.17, 15) is 0 Å². The number of rotatable bonds is 2. The first-order valence-corrected chi connectivity index (χ1v) is 8.10. The average molecular weight is 297 g/mol. The Bertz CT molecular complexity index is 851. The van der Waals surface area contributed by atoms with Gasteiger partial charge in [-0.05, 0) is 38.3 Å². The molecule has 3 aromatic rings. The van der Waals surface area contributed by atoms with Crippen molar-refractivity contribution < 1.29 is 0 Å². The molecule has 1 saturated heterocycles. The highest BCUT2D eigenvalue weighted by molar-refractivity contribution is 7.22. The van der Waals surface area contributed by atoms with Crippen LogP contribution in [-0.4, -0.2) is 26.7 Å². The molecular weight excluding hydrogens is 282 g/mol. The van der Waals surface area contributed by atoms with Crippen molar-refractivity contribution in [2.45, 2.75) is 25.3 Å². The summed E-state index contributed by atoms with van der Waals surface area (Å²) in [5, 5.41) is 10.7. The molecule has 0 bridgehead atoms. The SMILES string of the molecule is Cc1[nH]ncc1-c1cc2nc([C@]34C[C@H]3CCN4)ncc2s1. The predicted octanol–water partition coefficient (Wildman–Crippen LogP) is 2.60. The minimum atomic E-state index is 0.0852. The number of thiophene rings is 1. The van der Waals surface area contributed by atoms with Crippen LogP contribution in [0, 0.1) is 12.8 Å². The highest BCUT2D eigenvalue weighted by Gasteiger charge is 2.60. The maximum absolute atomic E-state index is 4.84. The normalized spacial score (nSPS) is 27.2. The average Bonchev–Trinajstić information content (AvgIpc) is 2.91. The van der Waals surface area contributed by atoms with Crippen LogP contribution < -0.4 is 5.32 Å². The molecule has 0 amide bonds. The monoisotopic (exact) mass is 297 g/mol. The van der Waals surface area contributed by atoms with Crippen molar-refractivity contribution in [1.29, 1.82) is 0 Å². The van der Waals surface area contributed by atoms with Crippen LogP contribution in [0.2, 0.25) is 0 Å². The van der Waals surface area contributed by atoms with Crippen LogP contribution in [0.5, 0.6) is 0 Å². The molecule has 2 atom stereocenters. The molecule has 1 aliphatic carbocycles. The number of aromatic amines is 1. The quantitative estimate of drug-likeness (QED) is 0.763. The lowest BCUT2D eigenvalue weighted by molar-refractivity contribution is 0.546. The van der Waals surface area contributed by atoms with Gasteiger partial charge in [-0.3, -0.25) is 5.10 Å². The van der Waals surface area contributed by atoms with Crippen LogP contribution >= 0.6 is 11.3 Å². The van der Waals surface area contributed by atoms with Gasteiger partial charge in [0, 0.05) is 22.3 Å². The summed E-state index contributed by atoms with van der Waals surface area (Å²) >= 11 is 1.73. The van der Waals surface area contributed by atoms with Crippen LogP contribution in [0.15, 0.2) is 18.5 Å². The number of hydrogen-bond acceptors (Lipinski definition) is 5. The third-order valence-electron chi connectivity index (χ3n) is 4.80. The van der Waals surface area contributed by atoms with E-state index in [0.717, 1.165) is 39.8 Å². The van der Waals surface area contributed by atoms with E-state index in [1.165, 1.54) is 17.7 Å². The Labute approximate surface area is 125 Å². The summed E-state index contributed by atoms with van der Waals surface area (Å²) in [4.78, 5) is 10.7. The van der Waals surface area contributed by atoms with E-state index in [1.54, 1.807) is 11.3 Å². The number of H-pyrrole nitrogens is 1. The van der Waals surface area contributed by atoms with E-state index in [1.807, 2.05) is 19.3 Å². The standard InChI is InChI=1S/C15H15N5S/c1-8-10(6-18-20-8)12-4-11-13(21-12)7-16-14(19-11)15-5-9(15)2-3-17-15/h4,6-7,9,17H,2-3,5H2,1H3,(H,18,20)/t9-,15+/m1/s1. The van der Waals surface area contributed by atoms with Crippen molar-refractivity contribution in [2.24, 2.45) is 5.92 Å². The van der Waals surface area contributed by atoms with Gasteiger partial charge in [0.1, 0.15) is 5.82 Å². The molecule has 2 fully saturated rings. The molecule has 5 rings (SSSR count). The third kappa shape index (κ3) is 1.57. The van der Waals surface area contributed by atoms with Crippen molar-refractivity contribution in [3.63, 3.8) is 0 Å². The van der Waals surface area contributed by atoms with Gasteiger partial charge in [0.05, 0.1) is 22.0 Å². The highest BCUT2D eigenvalue weighted by Crippen LogP contribution is 2.56. The topological polar surface area (TPSA) is 66.5 Å². The zero-order valence-corrected chi connectivity index (χ0v) is 12.5. The van der Waals surface area contributed by atoms with Crippen molar-refractivity contribution in [2.75, 3.05) is 6.54 Å². The maximum Gasteiger partial charge on any atom is 0.149 e. The Kier molecular flexibility index (Phi) is 2.19. The van der Waals surface area contributed by atoms with Crippen LogP contribution in [0.25, 0.3) is 20.7 Å². The Morgan fingerprint density at radius 3 is 3.05 bits per heavy atom. The molecule has 106 valence electrons. The van der Waals surface area contributed by atoms with Gasteiger partial charge in [-0.1, -0.05) is 0 Å². The minimum absolute atomic E-state index is 0.0852. The molecule has 0 radical (unpaired) electrons. The van der Waals surface area contributed by atoms with Crippen molar-refractivity contribution in [3.05, 3.63) is 30.0 Å². The van der Waals surface area contributed by atoms with Gasteiger partial charge in [-0.15, -0.1) is 11.3 Å². The number of aromatic nitrogens is 4. The number of fused-ring (bicyclic) bond motifs is 2. The first-order chi connectivity index (χ1) is 10.3. The second-order valence-electron chi connectivity index (χ2n) is 6.05. The second-order valence-corrected chi connectivity index (χ2v) is 7.13. The van der Waals surface area contributed by atoms with Crippen molar-refractivity contribution in [1.82, 2.24) is 25.5 Å². The molecule has 5 nitrogen and oxygen atoms in total. The predicted molar refractivity (Wildman–Crippen MR) is 82.1 cm³/mol. The van der Waals surface area contributed by atoms with E-state index >= 15 is 0 Å². The summed E-state index contributed by atoms with van der Waals surface area (Å²) in [5.41, 5.74) is 3.38. The molecule has 0 spiro atoms. The summed E-state index contributed by atoms with van der Waals surface area (Å²) < 4.78 is 1.14. The number of aryl methyl sites for hydroxylation is 1. The number of piperidine rings is 1. The molecule has 2 N–H and O–H groups in total. The molecule has 4 heterocycles. The van der Waals surface area contributed by atoms with E-state index in [2.05, 4.69) is 26.6 Å². The van der Waals surface area contributed by atoms with E-state index in [4.69, 9.17) is 4.98 Å². The van der Waals surface area contributed by atoms with Crippen molar-refractivity contribution >= 4 is 21.6 Å². The molecule has 2 aliphatic rings. The zero-order valence-electron chi connectivity index (χ0n) is 11.7. The summed E-state index contributed by atoms with van der Waals surface area (Å²) in [6.07, 6.45) is 6.30. The summed E-state index contributed by atoms with van der Waals surface area (Å²) in [7, 11) is 0. The minimum Gasteiger partial charge on any atom is -0.305 e. The molecular formula is C15H15N5S. The molecule has 3 aromatic heterocycles. The van der Waals surface area contributed by atoms with Gasteiger partial charge < -0.3 is 5.32 Å². The molecule has 1 aliphatic heterocycles. The van der Waals surface area contributed by atoms with Crippen LogP contribution in [0.3, 0.4) is 0 Å². The van der Waals surface area contributed by atoms with Gasteiger partial charge in [0.15, 0.2) is 0 Å². The van der Waals surface area contributed by atoms with Gasteiger partial charge in [-0.25, -0.2) is 9.97 Å². The molecule has 21 heavy (non-hydrogen) atoms. The first-order valence-electron chi connectivity index (χ1n) is 7.29. The van der Waals surface area contributed by atoms with Gasteiger partial charge in [0.25, 0.3) is 0 Å². The Balaban J connectivity index is 1.62. The smallest absolute Gasteiger partial charge is 0.149 e. The molecule has 0 aromatic carbocycles. The van der Waals surface area contributed by atoms with E-state index in [-0.39, 0.29) is 5.54 Å². The van der Waals surface area contributed by atoms with Crippen LogP contribution in [-0.2, 0) is 5.54 Å². The fraction of sp³-hybridized carbons (Fsp3) is 0.400. The van der Waals surface area contributed by atoms with Crippen LogP contribution in [0.4, 0.5) is 0 Å². The summed E-state index contributed by atoms with van der Waals surface area (Å²) in [6.45, 7) is 3.13. The fourth-order valence-corrected chi connectivity index (χ4v) is 4.54.